The van der Waals surface area contributed by atoms with E-state index in [4.69, 9.17) is 4.98 Å². The number of likely N-dealkylation sites (tertiary alicyclic amines) is 1. The van der Waals surface area contributed by atoms with E-state index in [9.17, 15) is 9.59 Å². The van der Waals surface area contributed by atoms with E-state index in [1.54, 1.807) is 31.3 Å². The number of fused-ring (bicyclic) bond motifs is 3. The number of aromatic nitrogens is 4. The third-order valence-electron chi connectivity index (χ3n) is 7.96. The summed E-state index contributed by atoms with van der Waals surface area (Å²) in [5, 5.41) is 7.57. The quantitative estimate of drug-likeness (QED) is 0.458. The van der Waals surface area contributed by atoms with Gasteiger partial charge in [-0.2, -0.15) is 4.98 Å². The maximum atomic E-state index is 13.0. The summed E-state index contributed by atoms with van der Waals surface area (Å²) < 4.78 is 0. The Kier molecular flexibility index (Phi) is 6.27. The molecule has 2 atom stereocenters. The van der Waals surface area contributed by atoms with Gasteiger partial charge in [-0.15, -0.1) is 0 Å². The van der Waals surface area contributed by atoms with Gasteiger partial charge in [0, 0.05) is 56.8 Å². The number of piperazine rings is 1. The normalized spacial score (nSPS) is 21.8. The number of pyridine rings is 1. The molecule has 2 amide bonds. The van der Waals surface area contributed by atoms with Crippen LogP contribution in [0.5, 0.6) is 0 Å². The summed E-state index contributed by atoms with van der Waals surface area (Å²) in [7, 11) is 3.48. The fourth-order valence-corrected chi connectivity index (χ4v) is 5.99. The number of hydrogen-bond acceptors (Lipinski definition) is 7. The van der Waals surface area contributed by atoms with Crippen LogP contribution < -0.4 is 10.6 Å². The lowest BCUT2D eigenvalue weighted by Gasteiger charge is -2.27. The standard InChI is InChI=1S/C27H34N8O2/c1-34(2)26(37)21-12-20-23(16-7-5-3-4-6-8-16)32-27(33-24(20)30-21)31-22-10-9-17(13-29-22)25(36)35-15-18-11-19(35)14-28-18/h9-10,12-13,16,18-19,28H,3-8,11,14-15H2,1-2H3,(H2,29,30,31,32,33). The number of rotatable bonds is 5. The lowest BCUT2D eigenvalue weighted by Crippen LogP contribution is -2.46. The molecule has 3 aromatic rings. The van der Waals surface area contributed by atoms with Crippen LogP contribution in [0.4, 0.5) is 11.8 Å². The number of nitrogens with zero attached hydrogens (tertiary/aromatic N) is 5. The summed E-state index contributed by atoms with van der Waals surface area (Å²) in [4.78, 5) is 46.5. The van der Waals surface area contributed by atoms with E-state index in [-0.39, 0.29) is 17.9 Å². The van der Waals surface area contributed by atoms with Crippen LogP contribution in [0.3, 0.4) is 0 Å². The molecule has 3 fully saturated rings. The van der Waals surface area contributed by atoms with Gasteiger partial charge in [-0.3, -0.25) is 9.59 Å². The minimum atomic E-state index is -0.0942. The summed E-state index contributed by atoms with van der Waals surface area (Å²) in [5.41, 5.74) is 2.72. The smallest absolute Gasteiger partial charge is 0.269 e. The minimum absolute atomic E-state index is 0.0332. The molecule has 2 aliphatic heterocycles. The first-order valence-electron chi connectivity index (χ1n) is 13.4. The Labute approximate surface area is 216 Å². The first kappa shape index (κ1) is 23.8. The van der Waals surface area contributed by atoms with Crippen molar-refractivity contribution in [3.8, 4) is 0 Å². The van der Waals surface area contributed by atoms with Crippen LogP contribution in [0.1, 0.15) is 77.4 Å². The predicted octanol–water partition coefficient (Wildman–Crippen LogP) is 3.42. The number of carbonyl (C=O) groups is 2. The predicted molar refractivity (Wildman–Crippen MR) is 141 cm³/mol. The van der Waals surface area contributed by atoms with Crippen LogP contribution in [-0.4, -0.2) is 80.8 Å². The zero-order valence-electron chi connectivity index (χ0n) is 21.5. The Morgan fingerprint density at radius 2 is 1.92 bits per heavy atom. The highest BCUT2D eigenvalue weighted by atomic mass is 16.2. The SMILES string of the molecule is CN(C)C(=O)c1cc2c(C3CCCCCC3)nc(Nc3ccc(C(=O)N4CC5CC4CN5)cn3)nc2[nH]1. The molecule has 1 saturated carbocycles. The minimum Gasteiger partial charge on any atom is -0.344 e. The average Bonchev–Trinajstić information content (AvgIpc) is 3.59. The zero-order valence-corrected chi connectivity index (χ0v) is 21.5. The monoisotopic (exact) mass is 502 g/mol. The van der Waals surface area contributed by atoms with E-state index in [1.165, 1.54) is 25.7 Å². The van der Waals surface area contributed by atoms with Crippen molar-refractivity contribution in [2.24, 2.45) is 0 Å². The Morgan fingerprint density at radius 3 is 2.57 bits per heavy atom. The molecule has 5 heterocycles. The van der Waals surface area contributed by atoms with Crippen LogP contribution in [0.15, 0.2) is 24.4 Å². The van der Waals surface area contributed by atoms with Gasteiger partial charge < -0.3 is 25.4 Å². The highest BCUT2D eigenvalue weighted by Crippen LogP contribution is 2.35. The van der Waals surface area contributed by atoms with E-state index in [1.807, 2.05) is 17.0 Å². The van der Waals surface area contributed by atoms with Crippen molar-refractivity contribution in [1.29, 1.82) is 0 Å². The maximum Gasteiger partial charge on any atom is 0.269 e. The molecule has 0 radical (unpaired) electrons. The highest BCUT2D eigenvalue weighted by molar-refractivity contribution is 5.98. The van der Waals surface area contributed by atoms with Gasteiger partial charge in [-0.25, -0.2) is 9.97 Å². The third-order valence-corrected chi connectivity index (χ3v) is 7.96. The summed E-state index contributed by atoms with van der Waals surface area (Å²) in [6, 6.07) is 6.20. The van der Waals surface area contributed by atoms with Crippen LogP contribution in [0.25, 0.3) is 11.0 Å². The molecule has 10 nitrogen and oxygen atoms in total. The number of aromatic amines is 1. The first-order chi connectivity index (χ1) is 18.0. The van der Waals surface area contributed by atoms with Gasteiger partial charge in [0.25, 0.3) is 11.8 Å². The van der Waals surface area contributed by atoms with E-state index in [0.29, 0.717) is 40.6 Å². The van der Waals surface area contributed by atoms with Gasteiger partial charge in [0.2, 0.25) is 5.95 Å². The van der Waals surface area contributed by atoms with Gasteiger partial charge in [0.15, 0.2) is 0 Å². The van der Waals surface area contributed by atoms with Gasteiger partial charge in [-0.1, -0.05) is 25.7 Å². The van der Waals surface area contributed by atoms with Crippen LogP contribution >= 0.6 is 0 Å². The van der Waals surface area contributed by atoms with Crippen molar-refractivity contribution < 1.29 is 9.59 Å². The molecule has 6 rings (SSSR count). The lowest BCUT2D eigenvalue weighted by atomic mass is 9.94. The summed E-state index contributed by atoms with van der Waals surface area (Å²) in [6.45, 7) is 1.63. The lowest BCUT2D eigenvalue weighted by molar-refractivity contribution is 0.0715. The molecule has 2 saturated heterocycles. The number of amides is 2. The second-order valence-electron chi connectivity index (χ2n) is 10.8. The van der Waals surface area contributed by atoms with Crippen molar-refractivity contribution in [2.45, 2.75) is 62.9 Å². The van der Waals surface area contributed by atoms with Crippen molar-refractivity contribution >= 4 is 34.6 Å². The topological polar surface area (TPSA) is 119 Å². The summed E-state index contributed by atoms with van der Waals surface area (Å²) >= 11 is 0. The van der Waals surface area contributed by atoms with Gasteiger partial charge in [0.05, 0.1) is 11.3 Å². The molecule has 2 bridgehead atoms. The van der Waals surface area contributed by atoms with Crippen molar-refractivity contribution in [2.75, 3.05) is 32.5 Å². The van der Waals surface area contributed by atoms with Crippen LogP contribution in [-0.2, 0) is 0 Å². The number of anilines is 2. The number of hydrogen-bond donors (Lipinski definition) is 3. The second kappa shape index (κ2) is 9.74. The Balaban J connectivity index is 1.27. The molecular weight excluding hydrogens is 468 g/mol. The van der Waals surface area contributed by atoms with Crippen molar-refractivity contribution in [3.05, 3.63) is 41.3 Å². The average molecular weight is 503 g/mol. The van der Waals surface area contributed by atoms with E-state index >= 15 is 0 Å². The van der Waals surface area contributed by atoms with Crippen molar-refractivity contribution in [1.82, 2.24) is 35.1 Å². The molecule has 1 aliphatic carbocycles. The van der Waals surface area contributed by atoms with Gasteiger partial charge >= 0.3 is 0 Å². The van der Waals surface area contributed by atoms with E-state index < -0.39 is 0 Å². The molecule has 10 heteroatoms. The molecule has 3 N–H and O–H groups in total. The third kappa shape index (κ3) is 4.66. The molecular formula is C27H34N8O2. The molecule has 3 aromatic heterocycles. The zero-order chi connectivity index (χ0) is 25.5. The molecule has 2 unspecified atom stereocenters. The van der Waals surface area contributed by atoms with Crippen LogP contribution in [0, 0.1) is 0 Å². The second-order valence-corrected chi connectivity index (χ2v) is 10.8. The number of nitrogens with one attached hydrogen (secondary N) is 3. The van der Waals surface area contributed by atoms with Crippen LogP contribution in [0.2, 0.25) is 0 Å². The number of H-pyrrole nitrogens is 1. The highest BCUT2D eigenvalue weighted by Gasteiger charge is 2.40. The Morgan fingerprint density at radius 1 is 1.11 bits per heavy atom. The first-order valence-corrected chi connectivity index (χ1v) is 13.4. The van der Waals surface area contributed by atoms with Gasteiger partial charge in [-0.05, 0) is 37.5 Å². The largest absolute Gasteiger partial charge is 0.344 e. The van der Waals surface area contributed by atoms with E-state index in [0.717, 1.165) is 43.4 Å². The summed E-state index contributed by atoms with van der Waals surface area (Å²) in [5.74, 6) is 1.27. The van der Waals surface area contributed by atoms with E-state index in [2.05, 4.69) is 25.6 Å². The molecule has 37 heavy (non-hydrogen) atoms. The number of carbonyl (C=O) groups excluding carboxylic acids is 2. The summed E-state index contributed by atoms with van der Waals surface area (Å²) in [6.07, 6.45) is 9.67. The molecule has 194 valence electrons. The Hall–Kier alpha value is -3.53. The maximum absolute atomic E-state index is 13.0. The molecule has 0 spiro atoms. The van der Waals surface area contributed by atoms with Gasteiger partial charge in [0.1, 0.15) is 17.2 Å². The fraction of sp³-hybridized carbons (Fsp3) is 0.519. The van der Waals surface area contributed by atoms with Crippen molar-refractivity contribution in [3.63, 3.8) is 0 Å². The fourth-order valence-electron chi connectivity index (χ4n) is 5.99. The molecule has 3 aliphatic rings. The Bertz CT molecular complexity index is 1310. The molecule has 0 aromatic carbocycles.